The van der Waals surface area contributed by atoms with E-state index in [1.54, 1.807) is 4.52 Å². The molecule has 0 radical (unpaired) electrons. The van der Waals surface area contributed by atoms with E-state index in [4.69, 9.17) is 21.2 Å². The number of carbonyl (C=O) groups is 1. The van der Waals surface area contributed by atoms with Crippen molar-refractivity contribution < 1.29 is 9.53 Å². The fraction of sp³-hybridized carbons (Fsp3) is 0.400. The van der Waals surface area contributed by atoms with E-state index in [2.05, 4.69) is 23.9 Å². The molecule has 0 aliphatic carbocycles. The topological polar surface area (TPSA) is 121 Å². The summed E-state index contributed by atoms with van der Waals surface area (Å²) < 4.78 is 7.09. The third kappa shape index (κ3) is 3.62. The third-order valence-electron chi connectivity index (χ3n) is 4.51. The zero-order chi connectivity index (χ0) is 20.6. The van der Waals surface area contributed by atoms with Crippen molar-refractivity contribution in [3.05, 3.63) is 42.0 Å². The van der Waals surface area contributed by atoms with Gasteiger partial charge in [0, 0.05) is 16.9 Å². The number of ether oxygens (including phenoxy) is 1. The van der Waals surface area contributed by atoms with Crippen molar-refractivity contribution in [2.45, 2.75) is 46.6 Å². The first kappa shape index (κ1) is 19.6. The maximum absolute atomic E-state index is 11.3. The molecule has 3 rings (SSSR count). The van der Waals surface area contributed by atoms with Crippen LogP contribution in [0.5, 0.6) is 0 Å². The zero-order valence-electron chi connectivity index (χ0n) is 16.8. The molecule has 0 aliphatic heterocycles. The van der Waals surface area contributed by atoms with E-state index in [0.29, 0.717) is 11.3 Å². The van der Waals surface area contributed by atoms with Crippen molar-refractivity contribution in [2.24, 2.45) is 11.1 Å². The lowest BCUT2D eigenvalue weighted by molar-refractivity contribution is 0.0360. The summed E-state index contributed by atoms with van der Waals surface area (Å²) in [6.07, 6.45) is 0.172. The Hall–Kier alpha value is -3.16. The minimum atomic E-state index is -0.796. The van der Waals surface area contributed by atoms with Gasteiger partial charge < -0.3 is 16.2 Å². The fourth-order valence-electron chi connectivity index (χ4n) is 3.23. The van der Waals surface area contributed by atoms with Gasteiger partial charge in [0.1, 0.15) is 29.5 Å². The van der Waals surface area contributed by atoms with Gasteiger partial charge >= 0.3 is 6.09 Å². The van der Waals surface area contributed by atoms with Gasteiger partial charge in [0.25, 0.3) is 0 Å². The van der Waals surface area contributed by atoms with Crippen LogP contribution in [-0.2, 0) is 4.74 Å². The number of benzene rings is 1. The Morgan fingerprint density at radius 1 is 1.18 bits per heavy atom. The van der Waals surface area contributed by atoms with Crippen LogP contribution < -0.4 is 11.5 Å². The SMILES string of the molecule is CC(C)c1nc(-c2ccc(C(OC(N)=O)C(C)(C)C)cc2)c2c(N)ncnn12. The van der Waals surface area contributed by atoms with E-state index in [9.17, 15) is 4.79 Å². The molecule has 0 bridgehead atoms. The lowest BCUT2D eigenvalue weighted by atomic mass is 9.84. The van der Waals surface area contributed by atoms with Gasteiger partial charge in [0.15, 0.2) is 5.82 Å². The number of nitrogens with two attached hydrogens (primary N) is 2. The minimum Gasteiger partial charge on any atom is -0.441 e. The lowest BCUT2D eigenvalue weighted by Gasteiger charge is -2.30. The standard InChI is InChI=1S/C20H26N6O2/c1-11(2)18-25-14(15-17(21)23-10-24-26(15)18)12-6-8-13(9-7-12)16(20(3,4)5)28-19(22)27/h6-11,16H,1-5H3,(H2,22,27)(H2,21,23,24). The molecule has 0 spiro atoms. The second-order valence-electron chi connectivity index (χ2n) is 8.18. The maximum atomic E-state index is 11.3. The van der Waals surface area contributed by atoms with Gasteiger partial charge in [-0.2, -0.15) is 5.10 Å². The molecule has 1 unspecified atom stereocenters. The van der Waals surface area contributed by atoms with Crippen LogP contribution in [0.25, 0.3) is 16.8 Å². The summed E-state index contributed by atoms with van der Waals surface area (Å²) in [6, 6.07) is 7.68. The van der Waals surface area contributed by atoms with E-state index < -0.39 is 12.2 Å². The molecule has 0 saturated carbocycles. The van der Waals surface area contributed by atoms with Crippen LogP contribution in [0.1, 0.15) is 58.0 Å². The summed E-state index contributed by atoms with van der Waals surface area (Å²) >= 11 is 0. The van der Waals surface area contributed by atoms with Gasteiger partial charge in [0.05, 0.1) is 0 Å². The number of hydrogen-bond acceptors (Lipinski definition) is 6. The molecule has 1 amide bonds. The number of nitrogen functional groups attached to an aromatic ring is 1. The van der Waals surface area contributed by atoms with Crippen molar-refractivity contribution in [1.82, 2.24) is 19.6 Å². The lowest BCUT2D eigenvalue weighted by Crippen LogP contribution is -2.26. The molecule has 0 aliphatic rings. The number of fused-ring (bicyclic) bond motifs is 1. The minimum absolute atomic E-state index is 0.170. The summed E-state index contributed by atoms with van der Waals surface area (Å²) in [5.74, 6) is 1.36. The van der Waals surface area contributed by atoms with Crippen LogP contribution in [0.15, 0.2) is 30.6 Å². The van der Waals surface area contributed by atoms with Crippen LogP contribution in [0.2, 0.25) is 0 Å². The highest BCUT2D eigenvalue weighted by Gasteiger charge is 2.29. The van der Waals surface area contributed by atoms with Gasteiger partial charge in [-0.1, -0.05) is 58.9 Å². The number of nitrogens with zero attached hydrogens (tertiary/aromatic N) is 4. The smallest absolute Gasteiger partial charge is 0.405 e. The largest absolute Gasteiger partial charge is 0.441 e. The normalized spacial score (nSPS) is 13.1. The van der Waals surface area contributed by atoms with Crippen molar-refractivity contribution in [2.75, 3.05) is 5.73 Å². The summed E-state index contributed by atoms with van der Waals surface area (Å²) in [4.78, 5) is 20.2. The van der Waals surface area contributed by atoms with Crippen molar-refractivity contribution >= 4 is 17.4 Å². The molecule has 4 N–H and O–H groups in total. The Morgan fingerprint density at radius 3 is 2.36 bits per heavy atom. The Bertz CT molecular complexity index is 1000. The monoisotopic (exact) mass is 382 g/mol. The summed E-state index contributed by atoms with van der Waals surface area (Å²) in [7, 11) is 0. The third-order valence-corrected chi connectivity index (χ3v) is 4.51. The van der Waals surface area contributed by atoms with E-state index in [1.165, 1.54) is 6.33 Å². The molecule has 148 valence electrons. The van der Waals surface area contributed by atoms with Crippen LogP contribution in [0, 0.1) is 5.41 Å². The number of anilines is 1. The molecular weight excluding hydrogens is 356 g/mol. The highest BCUT2D eigenvalue weighted by Crippen LogP contribution is 2.37. The first-order chi connectivity index (χ1) is 13.1. The highest BCUT2D eigenvalue weighted by molar-refractivity contribution is 5.85. The number of amides is 1. The molecule has 1 atom stereocenters. The first-order valence-electron chi connectivity index (χ1n) is 9.15. The summed E-state index contributed by atoms with van der Waals surface area (Å²) in [5, 5.41) is 4.31. The highest BCUT2D eigenvalue weighted by atomic mass is 16.6. The first-order valence-corrected chi connectivity index (χ1v) is 9.15. The zero-order valence-corrected chi connectivity index (χ0v) is 16.8. The molecule has 8 nitrogen and oxygen atoms in total. The maximum Gasteiger partial charge on any atom is 0.405 e. The number of primary amides is 1. The number of imidazole rings is 1. The predicted molar refractivity (Wildman–Crippen MR) is 108 cm³/mol. The Morgan fingerprint density at radius 2 is 1.82 bits per heavy atom. The average Bonchev–Trinajstić information content (AvgIpc) is 3.00. The van der Waals surface area contributed by atoms with Crippen LogP contribution >= 0.6 is 0 Å². The Balaban J connectivity index is 2.08. The molecule has 28 heavy (non-hydrogen) atoms. The Kier molecular flexibility index (Phi) is 4.97. The molecule has 2 heterocycles. The van der Waals surface area contributed by atoms with Crippen LogP contribution in [-0.4, -0.2) is 25.7 Å². The quantitative estimate of drug-likeness (QED) is 0.710. The second-order valence-corrected chi connectivity index (χ2v) is 8.18. The molecule has 1 aromatic carbocycles. The molecule has 2 aromatic heterocycles. The van der Waals surface area contributed by atoms with E-state index >= 15 is 0 Å². The summed E-state index contributed by atoms with van der Waals surface area (Å²) in [6.45, 7) is 10.1. The van der Waals surface area contributed by atoms with Crippen LogP contribution in [0.3, 0.4) is 0 Å². The van der Waals surface area contributed by atoms with Crippen molar-refractivity contribution in [3.63, 3.8) is 0 Å². The Labute approximate surface area is 163 Å². The number of aromatic nitrogens is 4. The van der Waals surface area contributed by atoms with Gasteiger partial charge in [-0.15, -0.1) is 0 Å². The van der Waals surface area contributed by atoms with Gasteiger partial charge in [-0.25, -0.2) is 19.3 Å². The molecule has 0 saturated heterocycles. The molecule has 3 aromatic rings. The van der Waals surface area contributed by atoms with E-state index in [1.807, 2.05) is 45.0 Å². The van der Waals surface area contributed by atoms with E-state index in [0.717, 1.165) is 22.6 Å². The number of hydrogen-bond donors (Lipinski definition) is 2. The second kappa shape index (κ2) is 7.10. The van der Waals surface area contributed by atoms with Gasteiger partial charge in [-0.05, 0) is 5.56 Å². The fourth-order valence-corrected chi connectivity index (χ4v) is 3.23. The average molecular weight is 382 g/mol. The van der Waals surface area contributed by atoms with Crippen LogP contribution in [0.4, 0.5) is 10.6 Å². The van der Waals surface area contributed by atoms with Gasteiger partial charge in [-0.3, -0.25) is 0 Å². The number of carbonyl (C=O) groups excluding carboxylic acids is 1. The van der Waals surface area contributed by atoms with Crippen molar-refractivity contribution in [1.29, 1.82) is 0 Å². The summed E-state index contributed by atoms with van der Waals surface area (Å²) in [5.41, 5.74) is 14.2. The van der Waals surface area contributed by atoms with E-state index in [-0.39, 0.29) is 11.3 Å². The van der Waals surface area contributed by atoms with Crippen molar-refractivity contribution in [3.8, 4) is 11.3 Å². The number of rotatable bonds is 4. The molecular formula is C20H26N6O2. The molecule has 8 heteroatoms. The molecule has 0 fully saturated rings. The predicted octanol–water partition coefficient (Wildman–Crippen LogP) is 3.68. The van der Waals surface area contributed by atoms with Gasteiger partial charge in [0.2, 0.25) is 0 Å².